The maximum absolute atomic E-state index is 14.0. The highest BCUT2D eigenvalue weighted by molar-refractivity contribution is 9.10. The number of carbonyl (C=O) groups excluding carboxylic acids is 1. The van der Waals surface area contributed by atoms with Crippen LogP contribution < -0.4 is 0 Å². The quantitative estimate of drug-likeness (QED) is 0.821. The Balaban J connectivity index is 2.32. The predicted octanol–water partition coefficient (Wildman–Crippen LogP) is 3.89. The van der Waals surface area contributed by atoms with E-state index in [2.05, 4.69) is 22.0 Å². The fourth-order valence-corrected chi connectivity index (χ4v) is 3.07. The highest BCUT2D eigenvalue weighted by Crippen LogP contribution is 2.33. The molecule has 0 atom stereocenters. The maximum Gasteiger partial charge on any atom is 0.257 e. The van der Waals surface area contributed by atoms with Gasteiger partial charge in [-0.3, -0.25) is 4.79 Å². The number of nitrogens with zero attached hydrogens (tertiary/aromatic N) is 2. The minimum atomic E-state index is -0.801. The highest BCUT2D eigenvalue weighted by Gasteiger charge is 2.39. The molecular formula is C15H16BrFN2O. The summed E-state index contributed by atoms with van der Waals surface area (Å²) in [5.74, 6) is -1.01. The molecule has 0 spiro atoms. The second kappa shape index (κ2) is 5.92. The van der Waals surface area contributed by atoms with Crippen molar-refractivity contribution in [3.05, 3.63) is 34.1 Å². The van der Waals surface area contributed by atoms with E-state index in [0.29, 0.717) is 12.8 Å². The van der Waals surface area contributed by atoms with Gasteiger partial charge in [-0.2, -0.15) is 5.26 Å². The zero-order chi connectivity index (χ0) is 14.8. The van der Waals surface area contributed by atoms with Crippen molar-refractivity contribution >= 4 is 21.8 Å². The van der Waals surface area contributed by atoms with Gasteiger partial charge in [0.05, 0.1) is 16.1 Å². The lowest BCUT2D eigenvalue weighted by Crippen LogP contribution is -2.50. The molecule has 0 aliphatic heterocycles. The highest BCUT2D eigenvalue weighted by atomic mass is 79.9. The first-order chi connectivity index (χ1) is 9.52. The van der Waals surface area contributed by atoms with Crippen molar-refractivity contribution in [2.24, 2.45) is 0 Å². The molecule has 2 rings (SSSR count). The molecule has 0 unspecified atom stereocenters. The number of amides is 1. The second-order valence-corrected chi connectivity index (χ2v) is 6.02. The summed E-state index contributed by atoms with van der Waals surface area (Å²) in [6, 6.07) is 6.89. The lowest BCUT2D eigenvalue weighted by molar-refractivity contribution is 0.0584. The van der Waals surface area contributed by atoms with E-state index in [-0.39, 0.29) is 10.0 Å². The van der Waals surface area contributed by atoms with Crippen molar-refractivity contribution in [3.8, 4) is 6.07 Å². The van der Waals surface area contributed by atoms with E-state index in [1.807, 2.05) is 0 Å². The fourth-order valence-electron chi connectivity index (χ4n) is 2.70. The monoisotopic (exact) mass is 338 g/mol. The van der Waals surface area contributed by atoms with Gasteiger partial charge in [0.15, 0.2) is 0 Å². The number of hydrogen-bond acceptors (Lipinski definition) is 2. The third kappa shape index (κ3) is 2.57. The Kier molecular flexibility index (Phi) is 4.44. The maximum atomic E-state index is 14.0. The molecular weight excluding hydrogens is 323 g/mol. The lowest BCUT2D eigenvalue weighted by atomic mass is 9.81. The van der Waals surface area contributed by atoms with Gasteiger partial charge in [0.1, 0.15) is 11.4 Å². The third-order valence-electron chi connectivity index (χ3n) is 4.02. The first-order valence-electron chi connectivity index (χ1n) is 6.65. The molecule has 1 aliphatic rings. The van der Waals surface area contributed by atoms with E-state index < -0.39 is 17.3 Å². The summed E-state index contributed by atoms with van der Waals surface area (Å²) in [6.07, 6.45) is 4.23. The van der Waals surface area contributed by atoms with Crippen LogP contribution in [0.4, 0.5) is 4.39 Å². The number of rotatable bonds is 2. The van der Waals surface area contributed by atoms with E-state index in [1.54, 1.807) is 19.2 Å². The summed E-state index contributed by atoms with van der Waals surface area (Å²) in [6.45, 7) is 0. The summed E-state index contributed by atoms with van der Waals surface area (Å²) >= 11 is 3.08. The van der Waals surface area contributed by atoms with Crippen LogP contribution in [0.3, 0.4) is 0 Å². The normalized spacial score (nSPS) is 17.3. The standard InChI is InChI=1S/C15H16BrFN2O/c1-19(15(10-18)8-3-2-4-9-15)14(20)11-6-5-7-12(16)13(11)17/h5-7H,2-4,8-9H2,1H3. The molecule has 1 amide bonds. The van der Waals surface area contributed by atoms with Gasteiger partial charge in [0.2, 0.25) is 0 Å². The summed E-state index contributed by atoms with van der Waals surface area (Å²) in [5.41, 5.74) is -0.800. The van der Waals surface area contributed by atoms with Gasteiger partial charge in [-0.1, -0.05) is 25.3 Å². The number of halogens is 2. The van der Waals surface area contributed by atoms with Crippen LogP contribution in [0.5, 0.6) is 0 Å². The second-order valence-electron chi connectivity index (χ2n) is 5.17. The topological polar surface area (TPSA) is 44.1 Å². The van der Waals surface area contributed by atoms with Gasteiger partial charge < -0.3 is 4.90 Å². The van der Waals surface area contributed by atoms with Gasteiger partial charge in [-0.05, 0) is 40.9 Å². The molecule has 3 nitrogen and oxygen atoms in total. The molecule has 0 bridgehead atoms. The van der Waals surface area contributed by atoms with Gasteiger partial charge in [0.25, 0.3) is 5.91 Å². The van der Waals surface area contributed by atoms with E-state index in [4.69, 9.17) is 0 Å². The third-order valence-corrected chi connectivity index (χ3v) is 4.63. The van der Waals surface area contributed by atoms with E-state index in [9.17, 15) is 14.4 Å². The zero-order valence-corrected chi connectivity index (χ0v) is 12.9. The van der Waals surface area contributed by atoms with Crippen LogP contribution >= 0.6 is 15.9 Å². The molecule has 1 aromatic carbocycles. The van der Waals surface area contributed by atoms with Crippen molar-refractivity contribution in [2.75, 3.05) is 7.05 Å². The van der Waals surface area contributed by atoms with Crippen molar-refractivity contribution in [1.29, 1.82) is 5.26 Å². The molecule has 5 heteroatoms. The van der Waals surface area contributed by atoms with Crippen LogP contribution in [-0.2, 0) is 0 Å². The SMILES string of the molecule is CN(C(=O)c1cccc(Br)c1F)C1(C#N)CCCCC1. The molecule has 0 heterocycles. The Bertz CT molecular complexity index is 561. The molecule has 1 saturated carbocycles. The predicted molar refractivity (Wildman–Crippen MR) is 77.6 cm³/mol. The number of carbonyl (C=O) groups is 1. The van der Waals surface area contributed by atoms with Gasteiger partial charge in [-0.25, -0.2) is 4.39 Å². The Morgan fingerprint density at radius 1 is 1.40 bits per heavy atom. The van der Waals surface area contributed by atoms with Crippen LogP contribution in [0.2, 0.25) is 0 Å². The van der Waals surface area contributed by atoms with Crippen molar-refractivity contribution in [1.82, 2.24) is 4.90 Å². The molecule has 0 saturated heterocycles. The molecule has 0 radical (unpaired) electrons. The Labute approximate surface area is 126 Å². The van der Waals surface area contributed by atoms with Gasteiger partial charge in [0, 0.05) is 7.05 Å². The van der Waals surface area contributed by atoms with E-state index >= 15 is 0 Å². The summed E-state index contributed by atoms with van der Waals surface area (Å²) in [5, 5.41) is 9.48. The van der Waals surface area contributed by atoms with Gasteiger partial charge >= 0.3 is 0 Å². The molecule has 1 aliphatic carbocycles. The molecule has 0 aromatic heterocycles. The summed E-state index contributed by atoms with van der Waals surface area (Å²) < 4.78 is 14.3. The van der Waals surface area contributed by atoms with Crippen LogP contribution in [-0.4, -0.2) is 23.4 Å². The molecule has 1 fully saturated rings. The number of benzene rings is 1. The van der Waals surface area contributed by atoms with Crippen LogP contribution in [0.15, 0.2) is 22.7 Å². The first-order valence-corrected chi connectivity index (χ1v) is 7.44. The van der Waals surface area contributed by atoms with Crippen LogP contribution in [0.1, 0.15) is 42.5 Å². The smallest absolute Gasteiger partial charge is 0.257 e. The molecule has 1 aromatic rings. The Hall–Kier alpha value is -1.41. The Morgan fingerprint density at radius 3 is 2.65 bits per heavy atom. The van der Waals surface area contributed by atoms with E-state index in [1.165, 1.54) is 11.0 Å². The minimum absolute atomic E-state index is 0.00192. The summed E-state index contributed by atoms with van der Waals surface area (Å²) in [7, 11) is 1.59. The number of hydrogen-bond donors (Lipinski definition) is 0. The van der Waals surface area contributed by atoms with Crippen LogP contribution in [0.25, 0.3) is 0 Å². The van der Waals surface area contributed by atoms with Crippen molar-refractivity contribution in [3.63, 3.8) is 0 Å². The van der Waals surface area contributed by atoms with E-state index in [0.717, 1.165) is 19.3 Å². The first kappa shape index (κ1) is 15.0. The minimum Gasteiger partial charge on any atom is -0.323 e. The average molecular weight is 339 g/mol. The van der Waals surface area contributed by atoms with Crippen molar-refractivity contribution < 1.29 is 9.18 Å². The molecule has 20 heavy (non-hydrogen) atoms. The lowest BCUT2D eigenvalue weighted by Gasteiger charge is -2.39. The fraction of sp³-hybridized carbons (Fsp3) is 0.467. The van der Waals surface area contributed by atoms with Crippen molar-refractivity contribution in [2.45, 2.75) is 37.6 Å². The van der Waals surface area contributed by atoms with Crippen LogP contribution in [0, 0.1) is 17.1 Å². The summed E-state index contributed by atoms with van der Waals surface area (Å²) in [4.78, 5) is 13.9. The largest absolute Gasteiger partial charge is 0.323 e. The zero-order valence-electron chi connectivity index (χ0n) is 11.3. The molecule has 0 N–H and O–H groups in total. The molecule has 106 valence electrons. The Morgan fingerprint density at radius 2 is 2.05 bits per heavy atom. The number of nitriles is 1. The average Bonchev–Trinajstić information content (AvgIpc) is 2.49. The van der Waals surface area contributed by atoms with Gasteiger partial charge in [-0.15, -0.1) is 0 Å².